The molecule has 2 saturated heterocycles. The molecule has 2 nitrogen and oxygen atoms in total. The molecule has 0 N–H and O–H groups in total. The first-order valence-electron chi connectivity index (χ1n) is 7.06. The fraction of sp³-hybridized carbons (Fsp3) is 1.00. The molecule has 0 aromatic heterocycles. The maximum Gasteiger partial charge on any atom is 0.0237 e. The van der Waals surface area contributed by atoms with Crippen molar-refractivity contribution in [2.75, 3.05) is 19.6 Å². The van der Waals surface area contributed by atoms with Crippen molar-refractivity contribution >= 4 is 0 Å². The van der Waals surface area contributed by atoms with Gasteiger partial charge in [0.1, 0.15) is 0 Å². The van der Waals surface area contributed by atoms with E-state index in [-0.39, 0.29) is 0 Å². The van der Waals surface area contributed by atoms with E-state index in [0.717, 1.165) is 12.1 Å². The van der Waals surface area contributed by atoms with Gasteiger partial charge in [-0.2, -0.15) is 0 Å². The van der Waals surface area contributed by atoms with Crippen LogP contribution >= 0.6 is 0 Å². The highest BCUT2D eigenvalue weighted by Crippen LogP contribution is 2.39. The lowest BCUT2D eigenvalue weighted by atomic mass is 9.84. The highest BCUT2D eigenvalue weighted by Gasteiger charge is 2.43. The van der Waals surface area contributed by atoms with Crippen LogP contribution in [-0.2, 0) is 0 Å². The van der Waals surface area contributed by atoms with Gasteiger partial charge in [-0.05, 0) is 59.9 Å². The van der Waals surface area contributed by atoms with E-state index < -0.39 is 0 Å². The molecule has 0 aliphatic carbocycles. The van der Waals surface area contributed by atoms with Crippen LogP contribution in [0.15, 0.2) is 0 Å². The fourth-order valence-electron chi connectivity index (χ4n) is 3.76. The van der Waals surface area contributed by atoms with E-state index in [1.54, 1.807) is 0 Å². The molecule has 2 rings (SSSR count). The minimum atomic E-state index is 0.569. The number of nitrogens with zero attached hydrogens (tertiary/aromatic N) is 2. The minimum absolute atomic E-state index is 0.569. The normalized spacial score (nSPS) is 27.4. The second-order valence-corrected chi connectivity index (χ2v) is 6.24. The maximum absolute atomic E-state index is 2.78. The number of hydrogen-bond acceptors (Lipinski definition) is 2. The average molecular weight is 224 g/mol. The van der Waals surface area contributed by atoms with Crippen molar-refractivity contribution in [3.8, 4) is 0 Å². The summed E-state index contributed by atoms with van der Waals surface area (Å²) in [5.41, 5.74) is 0.569. The Bertz CT molecular complexity index is 227. The number of piperidine rings is 1. The molecule has 2 heterocycles. The van der Waals surface area contributed by atoms with E-state index in [1.807, 2.05) is 0 Å². The van der Waals surface area contributed by atoms with Crippen LogP contribution in [0.2, 0.25) is 0 Å². The first-order chi connectivity index (χ1) is 7.55. The molecule has 0 saturated carbocycles. The average Bonchev–Trinajstić information content (AvgIpc) is 2.62. The lowest BCUT2D eigenvalue weighted by Crippen LogP contribution is -2.55. The van der Waals surface area contributed by atoms with E-state index in [4.69, 9.17) is 0 Å². The van der Waals surface area contributed by atoms with Crippen molar-refractivity contribution in [2.45, 2.75) is 71.0 Å². The Morgan fingerprint density at radius 2 is 1.44 bits per heavy atom. The summed E-state index contributed by atoms with van der Waals surface area (Å²) in [6.45, 7) is 13.3. The molecule has 2 heteroatoms. The first-order valence-corrected chi connectivity index (χ1v) is 7.06. The lowest BCUT2D eigenvalue weighted by Gasteiger charge is -2.47. The Morgan fingerprint density at radius 3 is 1.94 bits per heavy atom. The van der Waals surface area contributed by atoms with Gasteiger partial charge in [0, 0.05) is 30.7 Å². The lowest BCUT2D eigenvalue weighted by molar-refractivity contribution is 0.0239. The summed E-state index contributed by atoms with van der Waals surface area (Å²) < 4.78 is 0. The Morgan fingerprint density at radius 1 is 0.812 bits per heavy atom. The molecule has 0 unspecified atom stereocenters. The van der Waals surface area contributed by atoms with Crippen molar-refractivity contribution in [1.29, 1.82) is 0 Å². The van der Waals surface area contributed by atoms with E-state index in [9.17, 15) is 0 Å². The molecule has 0 aromatic carbocycles. The highest BCUT2D eigenvalue weighted by molar-refractivity contribution is 5.00. The van der Waals surface area contributed by atoms with Crippen LogP contribution in [0.3, 0.4) is 0 Å². The quantitative estimate of drug-likeness (QED) is 0.711. The third-order valence-electron chi connectivity index (χ3n) is 4.73. The zero-order chi connectivity index (χ0) is 11.8. The van der Waals surface area contributed by atoms with Crippen LogP contribution in [0.4, 0.5) is 0 Å². The fourth-order valence-corrected chi connectivity index (χ4v) is 3.76. The minimum Gasteiger partial charge on any atom is -0.301 e. The second-order valence-electron chi connectivity index (χ2n) is 6.24. The number of likely N-dealkylation sites (tertiary alicyclic amines) is 2. The largest absolute Gasteiger partial charge is 0.301 e. The summed E-state index contributed by atoms with van der Waals surface area (Å²) in [5, 5.41) is 0. The molecule has 0 bridgehead atoms. The third-order valence-corrected chi connectivity index (χ3v) is 4.73. The van der Waals surface area contributed by atoms with Crippen molar-refractivity contribution in [3.05, 3.63) is 0 Å². The van der Waals surface area contributed by atoms with Crippen LogP contribution in [0, 0.1) is 0 Å². The Hall–Kier alpha value is -0.0800. The van der Waals surface area contributed by atoms with Crippen LogP contribution in [0.5, 0.6) is 0 Å². The molecule has 0 aromatic rings. The van der Waals surface area contributed by atoms with E-state index in [2.05, 4.69) is 37.5 Å². The summed E-state index contributed by atoms with van der Waals surface area (Å²) in [6, 6.07) is 1.46. The Balaban J connectivity index is 2.00. The number of hydrogen-bond donors (Lipinski definition) is 0. The standard InChI is InChI=1S/C14H28N2/c1-12(2)15-10-7-14(8-11-15)6-5-9-16(14)13(3)4/h12-13H,5-11H2,1-4H3. The predicted octanol–water partition coefficient (Wildman–Crippen LogP) is 2.73. The van der Waals surface area contributed by atoms with E-state index >= 15 is 0 Å². The van der Waals surface area contributed by atoms with Gasteiger partial charge in [0.25, 0.3) is 0 Å². The van der Waals surface area contributed by atoms with Gasteiger partial charge in [-0.1, -0.05) is 0 Å². The van der Waals surface area contributed by atoms with Gasteiger partial charge in [0.05, 0.1) is 0 Å². The summed E-state index contributed by atoms with van der Waals surface area (Å²) in [5.74, 6) is 0. The van der Waals surface area contributed by atoms with Crippen molar-refractivity contribution in [1.82, 2.24) is 9.80 Å². The van der Waals surface area contributed by atoms with Crippen LogP contribution in [-0.4, -0.2) is 47.1 Å². The zero-order valence-corrected chi connectivity index (χ0v) is 11.5. The maximum atomic E-state index is 2.78. The SMILES string of the molecule is CC(C)N1CCC2(CCCN2C(C)C)CC1. The molecule has 1 spiro atoms. The van der Waals surface area contributed by atoms with Crippen molar-refractivity contribution in [2.24, 2.45) is 0 Å². The van der Waals surface area contributed by atoms with E-state index in [0.29, 0.717) is 5.54 Å². The molecule has 0 amide bonds. The smallest absolute Gasteiger partial charge is 0.0237 e. The van der Waals surface area contributed by atoms with Gasteiger partial charge in [-0.3, -0.25) is 4.90 Å². The summed E-state index contributed by atoms with van der Waals surface area (Å²) in [7, 11) is 0. The zero-order valence-electron chi connectivity index (χ0n) is 11.5. The monoisotopic (exact) mass is 224 g/mol. The van der Waals surface area contributed by atoms with E-state index in [1.165, 1.54) is 45.3 Å². The van der Waals surface area contributed by atoms with Gasteiger partial charge in [0.2, 0.25) is 0 Å². The molecule has 2 aliphatic heterocycles. The molecule has 2 aliphatic rings. The predicted molar refractivity (Wildman–Crippen MR) is 69.8 cm³/mol. The third kappa shape index (κ3) is 2.14. The van der Waals surface area contributed by atoms with Gasteiger partial charge >= 0.3 is 0 Å². The topological polar surface area (TPSA) is 6.48 Å². The molecule has 0 atom stereocenters. The molecule has 0 radical (unpaired) electrons. The first kappa shape index (κ1) is 12.4. The molecular weight excluding hydrogens is 196 g/mol. The van der Waals surface area contributed by atoms with Gasteiger partial charge < -0.3 is 4.90 Å². The second kappa shape index (κ2) is 4.66. The molecule has 16 heavy (non-hydrogen) atoms. The van der Waals surface area contributed by atoms with Crippen LogP contribution < -0.4 is 0 Å². The Labute approximate surface area is 101 Å². The molecular formula is C14H28N2. The van der Waals surface area contributed by atoms with Crippen molar-refractivity contribution in [3.63, 3.8) is 0 Å². The Kier molecular flexibility index (Phi) is 3.60. The van der Waals surface area contributed by atoms with Gasteiger partial charge in [-0.15, -0.1) is 0 Å². The van der Waals surface area contributed by atoms with Crippen LogP contribution in [0.1, 0.15) is 53.4 Å². The van der Waals surface area contributed by atoms with Crippen LogP contribution in [0.25, 0.3) is 0 Å². The molecule has 2 fully saturated rings. The van der Waals surface area contributed by atoms with Crippen molar-refractivity contribution < 1.29 is 0 Å². The summed E-state index contributed by atoms with van der Waals surface area (Å²) >= 11 is 0. The number of rotatable bonds is 2. The summed E-state index contributed by atoms with van der Waals surface area (Å²) in [4.78, 5) is 5.42. The van der Waals surface area contributed by atoms with Gasteiger partial charge in [0.15, 0.2) is 0 Å². The highest BCUT2D eigenvalue weighted by atomic mass is 15.3. The summed E-state index contributed by atoms with van der Waals surface area (Å²) in [6.07, 6.45) is 5.64. The van der Waals surface area contributed by atoms with Gasteiger partial charge in [-0.25, -0.2) is 0 Å². The molecule has 94 valence electrons.